The molecule has 0 radical (unpaired) electrons. The van der Waals surface area contributed by atoms with Crippen molar-refractivity contribution >= 4 is 33.0 Å². The standard InChI is InChI=1S/C18H16ClF3N2O3S/c1-2-28(26,27)15-9-3-12(4-10-15)16-23-17(25,18(20,21)22)11-24(16)14-7-5-13(19)6-8-14/h3-10,25H,2,11H2,1H3. The molecule has 0 aromatic heterocycles. The van der Waals surface area contributed by atoms with Crippen molar-refractivity contribution < 1.29 is 26.7 Å². The van der Waals surface area contributed by atoms with Gasteiger partial charge in [-0.15, -0.1) is 0 Å². The molecule has 10 heteroatoms. The predicted molar refractivity (Wildman–Crippen MR) is 101 cm³/mol. The number of amidine groups is 1. The third-order valence-corrected chi connectivity index (χ3v) is 6.37. The van der Waals surface area contributed by atoms with E-state index in [1.807, 2.05) is 0 Å². The third-order valence-electron chi connectivity index (χ3n) is 4.37. The molecule has 2 aromatic rings. The summed E-state index contributed by atoms with van der Waals surface area (Å²) in [6.45, 7) is 0.665. The Labute approximate surface area is 165 Å². The lowest BCUT2D eigenvalue weighted by atomic mass is 10.1. The van der Waals surface area contributed by atoms with Crippen LogP contribution in [0.25, 0.3) is 0 Å². The van der Waals surface area contributed by atoms with Crippen LogP contribution in [0.4, 0.5) is 18.9 Å². The fourth-order valence-electron chi connectivity index (χ4n) is 2.75. The molecule has 1 N–H and O–H groups in total. The van der Waals surface area contributed by atoms with Gasteiger partial charge in [0.15, 0.2) is 9.84 Å². The van der Waals surface area contributed by atoms with Crippen molar-refractivity contribution in [3.05, 3.63) is 59.1 Å². The van der Waals surface area contributed by atoms with Gasteiger partial charge in [-0.1, -0.05) is 18.5 Å². The van der Waals surface area contributed by atoms with Crippen LogP contribution in [0.5, 0.6) is 0 Å². The maximum absolute atomic E-state index is 13.4. The van der Waals surface area contributed by atoms with Gasteiger partial charge in [-0.2, -0.15) is 13.2 Å². The molecule has 0 fully saturated rings. The third kappa shape index (κ3) is 3.74. The molecular formula is C18H16ClF3N2O3S. The molecule has 1 aliphatic heterocycles. The minimum absolute atomic E-state index is 0.0569. The molecule has 0 amide bonds. The lowest BCUT2D eigenvalue weighted by Gasteiger charge is -2.25. The Morgan fingerprint density at radius 2 is 1.71 bits per heavy atom. The van der Waals surface area contributed by atoms with E-state index in [0.717, 1.165) is 0 Å². The molecule has 0 spiro atoms. The van der Waals surface area contributed by atoms with E-state index in [4.69, 9.17) is 11.6 Å². The summed E-state index contributed by atoms with van der Waals surface area (Å²) in [5.41, 5.74) is -2.69. The first-order chi connectivity index (χ1) is 13.0. The maximum Gasteiger partial charge on any atom is 0.440 e. The Bertz CT molecular complexity index is 1010. The number of hydrogen-bond donors (Lipinski definition) is 1. The van der Waals surface area contributed by atoms with Gasteiger partial charge in [0, 0.05) is 16.3 Å². The second-order valence-corrected chi connectivity index (χ2v) is 8.95. The number of anilines is 1. The number of sulfone groups is 1. The second kappa shape index (κ2) is 7.06. The van der Waals surface area contributed by atoms with Gasteiger partial charge in [-0.3, -0.25) is 0 Å². The highest BCUT2D eigenvalue weighted by Gasteiger charge is 2.58. The van der Waals surface area contributed by atoms with Gasteiger partial charge in [-0.05, 0) is 48.5 Å². The van der Waals surface area contributed by atoms with Gasteiger partial charge in [0.05, 0.1) is 17.2 Å². The molecule has 2 aromatic carbocycles. The first kappa shape index (κ1) is 20.6. The van der Waals surface area contributed by atoms with Crippen LogP contribution in [0.1, 0.15) is 12.5 Å². The van der Waals surface area contributed by atoms with Crippen LogP contribution in [0.2, 0.25) is 5.02 Å². The van der Waals surface area contributed by atoms with Crippen LogP contribution in [-0.4, -0.2) is 43.6 Å². The Kier molecular flexibility index (Phi) is 5.20. The number of β-amino-alcohol motifs (C(OH)–C–C–N with tert-alkyl or cyclic N) is 1. The first-order valence-corrected chi connectivity index (χ1v) is 10.2. The zero-order valence-corrected chi connectivity index (χ0v) is 16.2. The van der Waals surface area contributed by atoms with E-state index in [0.29, 0.717) is 10.7 Å². The molecular weight excluding hydrogens is 417 g/mol. The molecule has 3 rings (SSSR count). The molecule has 0 saturated heterocycles. The van der Waals surface area contributed by atoms with E-state index in [-0.39, 0.29) is 22.0 Å². The van der Waals surface area contributed by atoms with Gasteiger partial charge in [0.25, 0.3) is 5.72 Å². The molecule has 1 atom stereocenters. The number of hydrogen-bond acceptors (Lipinski definition) is 5. The van der Waals surface area contributed by atoms with Gasteiger partial charge < -0.3 is 10.0 Å². The summed E-state index contributed by atoms with van der Waals surface area (Å²) in [7, 11) is -3.45. The highest BCUT2D eigenvalue weighted by Crippen LogP contribution is 2.39. The average Bonchev–Trinajstić information content (AvgIpc) is 3.01. The lowest BCUT2D eigenvalue weighted by Crippen LogP contribution is -2.47. The number of alkyl halides is 3. The molecule has 0 aliphatic carbocycles. The van der Waals surface area contributed by atoms with E-state index in [1.165, 1.54) is 60.4 Å². The minimum atomic E-state index is -4.98. The van der Waals surface area contributed by atoms with Crippen LogP contribution in [0.3, 0.4) is 0 Å². The molecule has 0 bridgehead atoms. The summed E-state index contributed by atoms with van der Waals surface area (Å²) >= 11 is 5.84. The van der Waals surface area contributed by atoms with Crippen molar-refractivity contribution in [3.8, 4) is 0 Å². The lowest BCUT2D eigenvalue weighted by molar-refractivity contribution is -0.249. The molecule has 0 saturated carbocycles. The Morgan fingerprint density at radius 1 is 1.14 bits per heavy atom. The highest BCUT2D eigenvalue weighted by atomic mass is 35.5. The van der Waals surface area contributed by atoms with E-state index in [2.05, 4.69) is 4.99 Å². The summed E-state index contributed by atoms with van der Waals surface area (Å²) in [5, 5.41) is 10.5. The van der Waals surface area contributed by atoms with Crippen LogP contribution < -0.4 is 4.90 Å². The summed E-state index contributed by atoms with van der Waals surface area (Å²) in [4.78, 5) is 4.82. The number of rotatable bonds is 4. The van der Waals surface area contributed by atoms with Gasteiger partial charge in [0.2, 0.25) is 0 Å². The Hall–Kier alpha value is -2.10. The number of aliphatic hydroxyl groups is 1. The topological polar surface area (TPSA) is 70.0 Å². The molecule has 1 aliphatic rings. The van der Waals surface area contributed by atoms with Gasteiger partial charge in [-0.25, -0.2) is 13.4 Å². The number of aliphatic imine (C=N–C) groups is 1. The Morgan fingerprint density at radius 3 is 2.21 bits per heavy atom. The highest BCUT2D eigenvalue weighted by molar-refractivity contribution is 7.91. The van der Waals surface area contributed by atoms with Gasteiger partial charge >= 0.3 is 6.18 Å². The predicted octanol–water partition coefficient (Wildman–Crippen LogP) is 3.65. The summed E-state index contributed by atoms with van der Waals surface area (Å²) < 4.78 is 64.0. The van der Waals surface area contributed by atoms with Crippen LogP contribution in [0.15, 0.2) is 58.4 Å². The molecule has 5 nitrogen and oxygen atoms in total. The quantitative estimate of drug-likeness (QED) is 0.800. The summed E-state index contributed by atoms with van der Waals surface area (Å²) in [6.07, 6.45) is -4.98. The molecule has 150 valence electrons. The zero-order chi connectivity index (χ0) is 20.7. The van der Waals surface area contributed by atoms with E-state index >= 15 is 0 Å². The van der Waals surface area contributed by atoms with Crippen LogP contribution in [-0.2, 0) is 9.84 Å². The average molecular weight is 433 g/mol. The molecule has 1 unspecified atom stereocenters. The van der Waals surface area contributed by atoms with Crippen molar-refractivity contribution in [2.45, 2.75) is 23.7 Å². The SMILES string of the molecule is CCS(=O)(=O)c1ccc(C2=NC(O)(C(F)(F)F)CN2c2ccc(Cl)cc2)cc1. The van der Waals surface area contributed by atoms with Crippen LogP contribution in [0, 0.1) is 0 Å². The number of benzene rings is 2. The van der Waals surface area contributed by atoms with E-state index in [9.17, 15) is 26.7 Å². The maximum atomic E-state index is 13.4. The Balaban J connectivity index is 2.07. The van der Waals surface area contributed by atoms with Crippen molar-refractivity contribution in [2.24, 2.45) is 4.99 Å². The van der Waals surface area contributed by atoms with E-state index in [1.54, 1.807) is 0 Å². The summed E-state index contributed by atoms with van der Waals surface area (Å²) in [5.74, 6) is -0.222. The van der Waals surface area contributed by atoms with Crippen LogP contribution >= 0.6 is 11.6 Å². The van der Waals surface area contributed by atoms with Crippen molar-refractivity contribution in [1.29, 1.82) is 0 Å². The smallest absolute Gasteiger partial charge is 0.361 e. The summed E-state index contributed by atoms with van der Waals surface area (Å²) in [6, 6.07) is 11.4. The normalized spacial score (nSPS) is 20.4. The van der Waals surface area contributed by atoms with Crippen molar-refractivity contribution in [2.75, 3.05) is 17.2 Å². The second-order valence-electron chi connectivity index (χ2n) is 6.24. The fourth-order valence-corrected chi connectivity index (χ4v) is 3.76. The zero-order valence-electron chi connectivity index (χ0n) is 14.6. The fraction of sp³-hybridized carbons (Fsp3) is 0.278. The van der Waals surface area contributed by atoms with Crippen molar-refractivity contribution in [3.63, 3.8) is 0 Å². The largest absolute Gasteiger partial charge is 0.440 e. The van der Waals surface area contributed by atoms with E-state index < -0.39 is 28.3 Å². The number of halogens is 4. The molecule has 28 heavy (non-hydrogen) atoms. The van der Waals surface area contributed by atoms with Crippen molar-refractivity contribution in [1.82, 2.24) is 0 Å². The number of nitrogens with zero attached hydrogens (tertiary/aromatic N) is 2. The molecule has 1 heterocycles. The van der Waals surface area contributed by atoms with Gasteiger partial charge in [0.1, 0.15) is 5.84 Å². The monoisotopic (exact) mass is 432 g/mol. The first-order valence-electron chi connectivity index (χ1n) is 8.22. The minimum Gasteiger partial charge on any atom is -0.361 e.